The van der Waals surface area contributed by atoms with Crippen LogP contribution in [0.2, 0.25) is 0 Å². The Kier molecular flexibility index (Phi) is 6.24. The monoisotopic (exact) mass is 480 g/mol. The summed E-state index contributed by atoms with van der Waals surface area (Å²) >= 11 is 0. The molecule has 0 heterocycles. The third-order valence-electron chi connectivity index (χ3n) is 10.5. The maximum absolute atomic E-state index is 13.3. The maximum Gasteiger partial charge on any atom is 0.162 e. The minimum atomic E-state index is -1.46. The van der Waals surface area contributed by atoms with Crippen molar-refractivity contribution in [3.8, 4) is 0 Å². The van der Waals surface area contributed by atoms with Gasteiger partial charge in [0.25, 0.3) is 0 Å². The molecule has 10 atom stereocenters. The Hall–Kier alpha value is -0.830. The van der Waals surface area contributed by atoms with Crippen LogP contribution in [0.3, 0.4) is 0 Å². The van der Waals surface area contributed by atoms with E-state index in [1.54, 1.807) is 20.8 Å². The Balaban J connectivity index is 1.67. The van der Waals surface area contributed by atoms with E-state index >= 15 is 0 Å². The van der Waals surface area contributed by atoms with Gasteiger partial charge in [-0.25, -0.2) is 0 Å². The number of ketones is 1. The topological polar surface area (TPSA) is 138 Å². The first-order valence-electron chi connectivity index (χ1n) is 13.0. The van der Waals surface area contributed by atoms with E-state index in [2.05, 4.69) is 0 Å². The average Bonchev–Trinajstić information content (AvgIpc) is 3.01. The standard InChI is InChI=1S/C27H44O7/c1-23(2,32)10-9-20(30)26(5,33)19-8-13-27(34)16-14-18(29)21-22(31)17(28)7-11-24(21,3)15(16)6-12-25(19,27)4/h14-15,17,19-22,28,30-34H,6-13H2,1-5H3/t15-,17+,19-,20+,21+,22-,24+,25+,26+,27+/m0/s1. The van der Waals surface area contributed by atoms with Crippen molar-refractivity contribution in [2.75, 3.05) is 0 Å². The fourth-order valence-electron chi connectivity index (χ4n) is 8.37. The number of carbonyl (C=O) groups is 1. The van der Waals surface area contributed by atoms with Gasteiger partial charge in [0, 0.05) is 5.41 Å². The Morgan fingerprint density at radius 3 is 2.32 bits per heavy atom. The van der Waals surface area contributed by atoms with Crippen LogP contribution in [0.5, 0.6) is 0 Å². The fourth-order valence-corrected chi connectivity index (χ4v) is 8.37. The lowest BCUT2D eigenvalue weighted by Gasteiger charge is -2.61. The quantitative estimate of drug-likeness (QED) is 0.353. The molecule has 0 aromatic rings. The molecule has 0 amide bonds. The highest BCUT2D eigenvalue weighted by Gasteiger charge is 2.69. The first-order chi connectivity index (χ1) is 15.5. The molecule has 0 radical (unpaired) electrons. The molecule has 7 heteroatoms. The summed E-state index contributed by atoms with van der Waals surface area (Å²) < 4.78 is 0. The molecular formula is C27H44O7. The van der Waals surface area contributed by atoms with Crippen LogP contribution in [0.4, 0.5) is 0 Å². The molecule has 0 bridgehead atoms. The van der Waals surface area contributed by atoms with Gasteiger partial charge in [0.1, 0.15) is 0 Å². The lowest BCUT2D eigenvalue weighted by molar-refractivity contribution is -0.180. The lowest BCUT2D eigenvalue weighted by Crippen LogP contribution is -2.63. The number of carbonyl (C=O) groups excluding carboxylic acids is 1. The normalized spacial score (nSPS) is 47.2. The zero-order valence-corrected chi connectivity index (χ0v) is 21.3. The Morgan fingerprint density at radius 1 is 1.06 bits per heavy atom. The number of allylic oxidation sites excluding steroid dienone is 1. The van der Waals surface area contributed by atoms with Crippen molar-refractivity contribution in [2.24, 2.45) is 28.6 Å². The number of hydrogen-bond acceptors (Lipinski definition) is 7. The number of fused-ring (bicyclic) bond motifs is 5. The van der Waals surface area contributed by atoms with Crippen molar-refractivity contribution in [1.82, 2.24) is 0 Å². The van der Waals surface area contributed by atoms with E-state index < -0.39 is 51.9 Å². The van der Waals surface area contributed by atoms with Gasteiger partial charge < -0.3 is 30.6 Å². The molecule has 0 aromatic heterocycles. The summed E-state index contributed by atoms with van der Waals surface area (Å²) in [5.41, 5.74) is -4.27. The van der Waals surface area contributed by atoms with Gasteiger partial charge in [-0.3, -0.25) is 4.79 Å². The third-order valence-corrected chi connectivity index (χ3v) is 10.5. The minimum Gasteiger partial charge on any atom is -0.390 e. The second kappa shape index (κ2) is 8.09. The van der Waals surface area contributed by atoms with Crippen LogP contribution in [-0.2, 0) is 4.79 Å². The molecule has 0 saturated heterocycles. The highest BCUT2D eigenvalue weighted by Crippen LogP contribution is 2.68. The van der Waals surface area contributed by atoms with E-state index in [-0.39, 0.29) is 24.0 Å². The van der Waals surface area contributed by atoms with Crippen molar-refractivity contribution in [2.45, 2.75) is 121 Å². The molecule has 4 aliphatic rings. The van der Waals surface area contributed by atoms with Gasteiger partial charge in [-0.15, -0.1) is 0 Å². The number of hydrogen-bond donors (Lipinski definition) is 6. The van der Waals surface area contributed by atoms with Crippen LogP contribution < -0.4 is 0 Å². The Bertz CT molecular complexity index is 860. The van der Waals surface area contributed by atoms with Crippen molar-refractivity contribution >= 4 is 5.78 Å². The molecule has 194 valence electrons. The van der Waals surface area contributed by atoms with Gasteiger partial charge in [-0.2, -0.15) is 0 Å². The highest BCUT2D eigenvalue weighted by molar-refractivity contribution is 5.95. The zero-order valence-electron chi connectivity index (χ0n) is 21.3. The second-order valence-electron chi connectivity index (χ2n) is 13.1. The van der Waals surface area contributed by atoms with Crippen molar-refractivity contribution in [1.29, 1.82) is 0 Å². The van der Waals surface area contributed by atoms with Gasteiger partial charge in [-0.05, 0) is 101 Å². The van der Waals surface area contributed by atoms with E-state index in [0.717, 1.165) is 0 Å². The summed E-state index contributed by atoms with van der Waals surface area (Å²) in [4.78, 5) is 13.3. The minimum absolute atomic E-state index is 0.0840. The van der Waals surface area contributed by atoms with Crippen LogP contribution in [-0.4, -0.2) is 71.5 Å². The van der Waals surface area contributed by atoms with Crippen molar-refractivity contribution in [3.05, 3.63) is 11.6 Å². The average molecular weight is 481 g/mol. The lowest BCUT2D eigenvalue weighted by atomic mass is 9.45. The van der Waals surface area contributed by atoms with Crippen LogP contribution in [0, 0.1) is 28.6 Å². The molecule has 7 nitrogen and oxygen atoms in total. The summed E-state index contributed by atoms with van der Waals surface area (Å²) in [6.45, 7) is 8.96. The third kappa shape index (κ3) is 3.65. The van der Waals surface area contributed by atoms with Gasteiger partial charge in [0.2, 0.25) is 0 Å². The second-order valence-corrected chi connectivity index (χ2v) is 13.1. The Labute approximate surface area is 202 Å². The van der Waals surface area contributed by atoms with Gasteiger partial charge >= 0.3 is 0 Å². The molecule has 4 aliphatic carbocycles. The largest absolute Gasteiger partial charge is 0.390 e. The first-order valence-corrected chi connectivity index (χ1v) is 13.0. The fraction of sp³-hybridized carbons (Fsp3) is 0.889. The molecule has 3 fully saturated rings. The molecule has 0 aromatic carbocycles. The van der Waals surface area contributed by atoms with Gasteiger partial charge in [-0.1, -0.05) is 13.8 Å². The zero-order chi connectivity index (χ0) is 25.5. The summed E-state index contributed by atoms with van der Waals surface area (Å²) in [5, 5.41) is 65.7. The summed E-state index contributed by atoms with van der Waals surface area (Å²) in [6, 6.07) is 0. The summed E-state index contributed by atoms with van der Waals surface area (Å²) in [6.07, 6.45) is 2.30. The van der Waals surface area contributed by atoms with Crippen LogP contribution in [0.15, 0.2) is 11.6 Å². The molecule has 4 rings (SSSR count). The van der Waals surface area contributed by atoms with E-state index in [0.29, 0.717) is 50.5 Å². The molecule has 0 spiro atoms. The maximum atomic E-state index is 13.3. The number of aliphatic hydroxyl groups is 6. The predicted molar refractivity (Wildman–Crippen MR) is 127 cm³/mol. The van der Waals surface area contributed by atoms with Crippen molar-refractivity contribution < 1.29 is 35.4 Å². The molecule has 34 heavy (non-hydrogen) atoms. The molecule has 6 N–H and O–H groups in total. The molecule has 3 saturated carbocycles. The van der Waals surface area contributed by atoms with E-state index in [9.17, 15) is 35.4 Å². The molecule has 0 unspecified atom stereocenters. The van der Waals surface area contributed by atoms with Crippen LogP contribution >= 0.6 is 0 Å². The molecule has 0 aliphatic heterocycles. The summed E-state index contributed by atoms with van der Waals surface area (Å²) in [5.74, 6) is -1.39. The number of aliphatic hydroxyl groups excluding tert-OH is 3. The van der Waals surface area contributed by atoms with E-state index in [4.69, 9.17) is 0 Å². The SMILES string of the molecule is CC(C)(O)CC[C@@H](O)[C@](C)(O)[C@H]1CC[C@@]2(O)C3=CC(=O)[C@@H]4[C@@H](O)[C@H](O)CC[C@]4(C)[C@H]3CC[C@]12C. The predicted octanol–water partition coefficient (Wildman–Crippen LogP) is 1.85. The van der Waals surface area contributed by atoms with Gasteiger partial charge in [0.05, 0.1) is 41.0 Å². The van der Waals surface area contributed by atoms with E-state index in [1.807, 2.05) is 13.8 Å². The molecular weight excluding hydrogens is 436 g/mol. The summed E-state index contributed by atoms with van der Waals surface area (Å²) in [7, 11) is 0. The number of rotatable bonds is 5. The Morgan fingerprint density at radius 2 is 1.71 bits per heavy atom. The van der Waals surface area contributed by atoms with Crippen molar-refractivity contribution in [3.63, 3.8) is 0 Å². The van der Waals surface area contributed by atoms with E-state index in [1.165, 1.54) is 6.08 Å². The first kappa shape index (κ1) is 26.2. The smallest absolute Gasteiger partial charge is 0.162 e. The van der Waals surface area contributed by atoms with Gasteiger partial charge in [0.15, 0.2) is 5.78 Å². The highest BCUT2D eigenvalue weighted by atomic mass is 16.3. The van der Waals surface area contributed by atoms with Crippen LogP contribution in [0.1, 0.15) is 86.0 Å². The van der Waals surface area contributed by atoms with Crippen LogP contribution in [0.25, 0.3) is 0 Å².